The number of hydrazine groups is 1. The van der Waals surface area contributed by atoms with Gasteiger partial charge in [-0.25, -0.2) is 5.01 Å². The predicted octanol–water partition coefficient (Wildman–Crippen LogP) is -9.94. The van der Waals surface area contributed by atoms with E-state index in [1.54, 1.807) is 12.1 Å². The summed E-state index contributed by atoms with van der Waals surface area (Å²) in [6.07, 6.45) is 2.51. The first-order valence-electron chi connectivity index (χ1n) is 6.66. The van der Waals surface area contributed by atoms with Crippen LogP contribution in [-0.4, -0.2) is 11.8 Å². The van der Waals surface area contributed by atoms with Crippen molar-refractivity contribution in [3.63, 3.8) is 0 Å². The van der Waals surface area contributed by atoms with Gasteiger partial charge in [0.15, 0.2) is 0 Å². The van der Waals surface area contributed by atoms with E-state index in [1.807, 2.05) is 25.1 Å². The van der Waals surface area contributed by atoms with Crippen LogP contribution >= 0.6 is 7.82 Å². The summed E-state index contributed by atoms with van der Waals surface area (Å²) in [7, 11) is -5.39. The Kier molecular flexibility index (Phi) is 22.2. The van der Waals surface area contributed by atoms with E-state index in [2.05, 4.69) is 5.43 Å². The van der Waals surface area contributed by atoms with Crippen molar-refractivity contribution in [2.75, 3.05) is 5.01 Å². The van der Waals surface area contributed by atoms with Crippen molar-refractivity contribution in [1.29, 1.82) is 0 Å². The van der Waals surface area contributed by atoms with E-state index in [1.165, 1.54) is 5.01 Å². The summed E-state index contributed by atoms with van der Waals surface area (Å²) in [4.78, 5) is 49.4. The van der Waals surface area contributed by atoms with E-state index in [9.17, 15) is 9.59 Å². The van der Waals surface area contributed by atoms with Crippen LogP contribution in [0.1, 0.15) is 26.2 Å². The molecule has 1 fully saturated rings. The first-order chi connectivity index (χ1) is 10.2. The van der Waals surface area contributed by atoms with Gasteiger partial charge in [-0.15, -0.1) is 0 Å². The molecule has 1 N–H and O–H groups in total. The van der Waals surface area contributed by atoms with E-state index in [4.69, 9.17) is 19.2 Å². The van der Waals surface area contributed by atoms with Crippen LogP contribution in [0.2, 0.25) is 0 Å². The summed E-state index contributed by atoms with van der Waals surface area (Å²) in [5.41, 5.74) is 3.34. The van der Waals surface area contributed by atoms with Crippen molar-refractivity contribution in [3.8, 4) is 0 Å². The van der Waals surface area contributed by atoms with Crippen molar-refractivity contribution < 1.29 is 183 Å². The van der Waals surface area contributed by atoms with E-state index in [-0.39, 0.29) is 166 Å². The Balaban J connectivity index is -0.000000539. The molecule has 0 spiro atoms. The number of benzene rings is 1. The number of para-hydroxylation sites is 1. The van der Waals surface area contributed by atoms with Gasteiger partial charge in [-0.05, 0) is 18.6 Å². The number of carbonyl (C=O) groups is 2. The summed E-state index contributed by atoms with van der Waals surface area (Å²) in [5, 5.41) is 1.35. The van der Waals surface area contributed by atoms with Gasteiger partial charge < -0.3 is 19.2 Å². The second-order valence-corrected chi connectivity index (χ2v) is 5.52. The fraction of sp³-hybridized carbons (Fsp3) is 0.385. The Morgan fingerprint density at radius 2 is 1.56 bits per heavy atom. The van der Waals surface area contributed by atoms with Crippen molar-refractivity contribution in [3.05, 3.63) is 30.3 Å². The summed E-state index contributed by atoms with van der Waals surface area (Å²) in [6, 6.07) is 9.17. The molecule has 1 saturated heterocycles. The summed E-state index contributed by atoms with van der Waals surface area (Å²) in [6.45, 7) is 2.05. The van der Waals surface area contributed by atoms with E-state index in [0.29, 0.717) is 12.1 Å². The molecular formula is C13H16K3N2O6P. The maximum absolute atomic E-state index is 12.1. The molecule has 0 bridgehead atoms. The van der Waals surface area contributed by atoms with Gasteiger partial charge >= 0.3 is 154 Å². The van der Waals surface area contributed by atoms with Crippen LogP contribution in [0.3, 0.4) is 0 Å². The number of anilines is 1. The SMILES string of the molecule is CCCCC1C(=O)NN(c2ccccc2)C1=O.O=P([O-])([O-])[O-].[K+].[K+].[K+]. The molecule has 8 nitrogen and oxygen atoms in total. The minimum absolute atomic E-state index is 0. The third kappa shape index (κ3) is 13.9. The van der Waals surface area contributed by atoms with Gasteiger partial charge in [0.2, 0.25) is 0 Å². The number of nitrogens with one attached hydrogen (secondary N) is 1. The van der Waals surface area contributed by atoms with Gasteiger partial charge in [-0.2, -0.15) is 7.82 Å². The monoisotopic (exact) mass is 444 g/mol. The third-order valence-corrected chi connectivity index (χ3v) is 2.92. The quantitative estimate of drug-likeness (QED) is 0.278. The van der Waals surface area contributed by atoms with Crippen LogP contribution in [0.15, 0.2) is 30.3 Å². The van der Waals surface area contributed by atoms with Gasteiger partial charge in [-0.3, -0.25) is 15.0 Å². The van der Waals surface area contributed by atoms with Crippen LogP contribution in [-0.2, 0) is 14.2 Å². The molecular weight excluding hydrogens is 428 g/mol. The molecule has 0 saturated carbocycles. The van der Waals surface area contributed by atoms with Crippen molar-refractivity contribution >= 4 is 25.3 Å². The molecule has 0 aromatic heterocycles. The molecule has 1 heterocycles. The minimum Gasteiger partial charge on any atom is -0.822 e. The molecule has 1 aromatic carbocycles. The average Bonchev–Trinajstić information content (AvgIpc) is 2.71. The second kappa shape index (κ2) is 16.9. The van der Waals surface area contributed by atoms with Crippen LogP contribution in [0.5, 0.6) is 0 Å². The number of carbonyl (C=O) groups excluding carboxylic acids is 2. The van der Waals surface area contributed by atoms with E-state index in [0.717, 1.165) is 12.8 Å². The fourth-order valence-electron chi connectivity index (χ4n) is 1.94. The second-order valence-electron chi connectivity index (χ2n) is 4.63. The van der Waals surface area contributed by atoms with E-state index < -0.39 is 13.7 Å². The molecule has 1 aromatic rings. The standard InChI is InChI=1S/C13H16N2O2.3K.H3O4P/c1-2-3-9-11-12(16)14-15(13(11)17)10-7-5-4-6-8-10;;;;1-5(2,3)4/h4-8,11H,2-3,9H2,1H3,(H,14,16);;;;(H3,1,2,3,4)/q;3*+1;/p-3. The molecule has 1 unspecified atom stereocenters. The first kappa shape index (κ1) is 32.8. The van der Waals surface area contributed by atoms with Gasteiger partial charge in [0.05, 0.1) is 5.69 Å². The molecule has 2 rings (SSSR count). The third-order valence-electron chi connectivity index (χ3n) is 2.92. The maximum atomic E-state index is 12.1. The summed E-state index contributed by atoms with van der Waals surface area (Å²) < 4.78 is 8.55. The molecule has 122 valence electrons. The Labute approximate surface area is 274 Å². The Hall–Kier alpha value is 3.18. The average molecular weight is 445 g/mol. The van der Waals surface area contributed by atoms with Crippen molar-refractivity contribution in [2.24, 2.45) is 5.92 Å². The predicted molar refractivity (Wildman–Crippen MR) is 72.7 cm³/mol. The van der Waals surface area contributed by atoms with Gasteiger partial charge in [0.1, 0.15) is 5.92 Å². The molecule has 1 aliphatic rings. The van der Waals surface area contributed by atoms with Crippen LogP contribution < -0.4 is 179 Å². The molecule has 12 heteroatoms. The Bertz CT molecular complexity index is 564. The fourth-order valence-corrected chi connectivity index (χ4v) is 1.94. The number of unbranched alkanes of at least 4 members (excludes halogenated alkanes) is 1. The number of phosphoric acid groups is 1. The van der Waals surface area contributed by atoms with Gasteiger partial charge in [-0.1, -0.05) is 38.0 Å². The topological polar surface area (TPSA) is 136 Å². The number of hydrogen-bond donors (Lipinski definition) is 1. The first-order valence-corrected chi connectivity index (χ1v) is 8.12. The molecule has 0 radical (unpaired) electrons. The molecule has 1 atom stereocenters. The summed E-state index contributed by atoms with van der Waals surface area (Å²) in [5.74, 6) is -0.850. The molecule has 2 amide bonds. The zero-order chi connectivity index (χ0) is 16.8. The van der Waals surface area contributed by atoms with Crippen LogP contribution in [0, 0.1) is 5.92 Å². The Morgan fingerprint density at radius 3 is 2.00 bits per heavy atom. The number of nitrogens with zero attached hydrogens (tertiary/aromatic N) is 1. The van der Waals surface area contributed by atoms with Crippen molar-refractivity contribution in [2.45, 2.75) is 26.2 Å². The zero-order valence-electron chi connectivity index (χ0n) is 14.9. The zero-order valence-corrected chi connectivity index (χ0v) is 25.2. The molecule has 1 aliphatic heterocycles. The summed E-state index contributed by atoms with van der Waals surface area (Å²) >= 11 is 0. The number of hydrogen-bond acceptors (Lipinski definition) is 6. The van der Waals surface area contributed by atoms with E-state index >= 15 is 0 Å². The van der Waals surface area contributed by atoms with Crippen LogP contribution in [0.4, 0.5) is 5.69 Å². The smallest absolute Gasteiger partial charge is 0.822 e. The number of amides is 2. The van der Waals surface area contributed by atoms with Gasteiger partial charge in [0.25, 0.3) is 11.8 Å². The van der Waals surface area contributed by atoms with Crippen molar-refractivity contribution in [1.82, 2.24) is 5.43 Å². The Morgan fingerprint density at radius 1 is 1.08 bits per heavy atom. The normalized spacial score (nSPS) is 15.7. The van der Waals surface area contributed by atoms with Crippen LogP contribution in [0.25, 0.3) is 0 Å². The maximum Gasteiger partial charge on any atom is 1.00 e. The number of rotatable bonds is 4. The molecule has 25 heavy (non-hydrogen) atoms. The van der Waals surface area contributed by atoms with Gasteiger partial charge in [0, 0.05) is 0 Å². The molecule has 0 aliphatic carbocycles. The largest absolute Gasteiger partial charge is 1.00 e. The minimum atomic E-state index is -5.39.